The van der Waals surface area contributed by atoms with Crippen molar-refractivity contribution >= 4 is 0 Å². The Morgan fingerprint density at radius 3 is 2.67 bits per heavy atom. The van der Waals surface area contributed by atoms with E-state index in [2.05, 4.69) is 0 Å². The van der Waals surface area contributed by atoms with Gasteiger partial charge >= 0.3 is 0 Å². The molecule has 2 nitrogen and oxygen atoms in total. The maximum Gasteiger partial charge on any atom is 0.123 e. The summed E-state index contributed by atoms with van der Waals surface area (Å²) in [6.45, 7) is 4.36. The first-order valence-corrected chi connectivity index (χ1v) is 5.24. The summed E-state index contributed by atoms with van der Waals surface area (Å²) >= 11 is 0. The van der Waals surface area contributed by atoms with Gasteiger partial charge in [0.15, 0.2) is 0 Å². The molecule has 0 aliphatic heterocycles. The molecule has 1 aromatic carbocycles. The van der Waals surface area contributed by atoms with Crippen LogP contribution >= 0.6 is 0 Å². The maximum atomic E-state index is 12.9. The number of hydrogen-bond donors (Lipinski definition) is 1. The Hall–Kier alpha value is -0.930. The zero-order chi connectivity index (χ0) is 11.3. The first kappa shape index (κ1) is 12.1. The zero-order valence-corrected chi connectivity index (χ0v) is 9.11. The van der Waals surface area contributed by atoms with E-state index in [9.17, 15) is 9.50 Å². The van der Waals surface area contributed by atoms with Gasteiger partial charge in [0.2, 0.25) is 0 Å². The van der Waals surface area contributed by atoms with Gasteiger partial charge in [0, 0.05) is 6.61 Å². The largest absolute Gasteiger partial charge is 0.386 e. The summed E-state index contributed by atoms with van der Waals surface area (Å²) in [6.07, 6.45) is -0.326. The zero-order valence-electron chi connectivity index (χ0n) is 9.11. The molecule has 15 heavy (non-hydrogen) atoms. The normalized spacial score (nSPS) is 14.9. The van der Waals surface area contributed by atoms with E-state index in [1.807, 2.05) is 13.8 Å². The van der Waals surface area contributed by atoms with Crippen LogP contribution in [0.25, 0.3) is 0 Å². The highest BCUT2D eigenvalue weighted by molar-refractivity contribution is 5.19. The molecule has 1 rings (SSSR count). The van der Waals surface area contributed by atoms with Gasteiger partial charge in [0.25, 0.3) is 0 Å². The molecule has 84 valence electrons. The van der Waals surface area contributed by atoms with Gasteiger partial charge < -0.3 is 9.84 Å². The van der Waals surface area contributed by atoms with E-state index in [-0.39, 0.29) is 11.9 Å². The molecule has 3 heteroatoms. The molecule has 0 bridgehead atoms. The first-order chi connectivity index (χ1) is 7.19. The fraction of sp³-hybridized carbons (Fsp3) is 0.500. The molecule has 0 aliphatic carbocycles. The molecule has 2 atom stereocenters. The van der Waals surface area contributed by atoms with E-state index in [1.54, 1.807) is 12.1 Å². The lowest BCUT2D eigenvalue weighted by atomic mass is 10.0. The fourth-order valence-electron chi connectivity index (χ4n) is 1.55. The molecule has 0 aromatic heterocycles. The van der Waals surface area contributed by atoms with Crippen LogP contribution < -0.4 is 0 Å². The summed E-state index contributed by atoms with van der Waals surface area (Å²) < 4.78 is 18.3. The molecule has 2 unspecified atom stereocenters. The Balaban J connectivity index is 2.77. The monoisotopic (exact) mass is 212 g/mol. The number of hydrogen-bond acceptors (Lipinski definition) is 2. The van der Waals surface area contributed by atoms with Crippen LogP contribution in [0.2, 0.25) is 0 Å². The van der Waals surface area contributed by atoms with Crippen LogP contribution in [0.3, 0.4) is 0 Å². The van der Waals surface area contributed by atoms with Crippen molar-refractivity contribution in [1.82, 2.24) is 0 Å². The minimum absolute atomic E-state index is 0.267. The van der Waals surface area contributed by atoms with Crippen LogP contribution in [-0.2, 0) is 4.74 Å². The van der Waals surface area contributed by atoms with E-state index in [1.165, 1.54) is 12.1 Å². The lowest BCUT2D eigenvalue weighted by Crippen LogP contribution is -2.21. The second kappa shape index (κ2) is 5.83. The highest BCUT2D eigenvalue weighted by Crippen LogP contribution is 2.21. The Labute approximate surface area is 89.7 Å². The standard InChI is InChI=1S/C12H17FO2/c1-3-11(15-4-2)12(14)9-6-5-7-10(13)8-9/h5-8,11-12,14H,3-4H2,1-2H3. The Morgan fingerprint density at radius 1 is 1.40 bits per heavy atom. The van der Waals surface area contributed by atoms with Gasteiger partial charge in [0.1, 0.15) is 11.9 Å². The van der Waals surface area contributed by atoms with Gasteiger partial charge in [-0.2, -0.15) is 0 Å². The molecule has 0 aliphatic rings. The van der Waals surface area contributed by atoms with Crippen molar-refractivity contribution in [1.29, 1.82) is 0 Å². The predicted molar refractivity (Wildman–Crippen MR) is 57.1 cm³/mol. The van der Waals surface area contributed by atoms with Crippen molar-refractivity contribution in [2.24, 2.45) is 0 Å². The van der Waals surface area contributed by atoms with Gasteiger partial charge in [-0.3, -0.25) is 0 Å². The van der Waals surface area contributed by atoms with Crippen LogP contribution in [0.4, 0.5) is 4.39 Å². The minimum atomic E-state index is -0.759. The van der Waals surface area contributed by atoms with Crippen molar-refractivity contribution in [3.63, 3.8) is 0 Å². The molecule has 0 radical (unpaired) electrons. The van der Waals surface area contributed by atoms with Crippen LogP contribution in [0.5, 0.6) is 0 Å². The quantitative estimate of drug-likeness (QED) is 0.813. The minimum Gasteiger partial charge on any atom is -0.386 e. The average Bonchev–Trinajstić information content (AvgIpc) is 2.25. The van der Waals surface area contributed by atoms with E-state index in [0.717, 1.165) is 0 Å². The summed E-state index contributed by atoms with van der Waals surface area (Å²) in [5.74, 6) is -0.335. The molecule has 0 fully saturated rings. The van der Waals surface area contributed by atoms with Crippen LogP contribution in [0.15, 0.2) is 24.3 Å². The third-order valence-corrected chi connectivity index (χ3v) is 2.33. The van der Waals surface area contributed by atoms with Crippen molar-refractivity contribution < 1.29 is 14.2 Å². The van der Waals surface area contributed by atoms with Gasteiger partial charge in [-0.1, -0.05) is 19.1 Å². The molecule has 0 saturated heterocycles. The first-order valence-electron chi connectivity index (χ1n) is 5.24. The lowest BCUT2D eigenvalue weighted by molar-refractivity contribution is -0.0356. The molecule has 1 N–H and O–H groups in total. The SMILES string of the molecule is CCOC(CC)C(O)c1cccc(F)c1. The Bertz CT molecular complexity index is 301. The molecule has 0 heterocycles. The molecule has 0 amide bonds. The van der Waals surface area contributed by atoms with Crippen molar-refractivity contribution in [2.75, 3.05) is 6.61 Å². The van der Waals surface area contributed by atoms with E-state index >= 15 is 0 Å². The topological polar surface area (TPSA) is 29.5 Å². The van der Waals surface area contributed by atoms with Gasteiger partial charge in [0.05, 0.1) is 6.10 Å². The maximum absolute atomic E-state index is 12.9. The van der Waals surface area contributed by atoms with Crippen LogP contribution in [0, 0.1) is 5.82 Å². The van der Waals surface area contributed by atoms with Gasteiger partial charge in [-0.15, -0.1) is 0 Å². The number of halogens is 1. The van der Waals surface area contributed by atoms with E-state index < -0.39 is 6.10 Å². The highest BCUT2D eigenvalue weighted by Gasteiger charge is 2.19. The van der Waals surface area contributed by atoms with Crippen molar-refractivity contribution in [3.8, 4) is 0 Å². The van der Waals surface area contributed by atoms with E-state index in [0.29, 0.717) is 18.6 Å². The summed E-state index contributed by atoms with van der Waals surface area (Å²) in [5.41, 5.74) is 0.565. The summed E-state index contributed by atoms with van der Waals surface area (Å²) in [6, 6.07) is 5.99. The molecule has 1 aromatic rings. The van der Waals surface area contributed by atoms with Crippen molar-refractivity contribution in [3.05, 3.63) is 35.6 Å². The lowest BCUT2D eigenvalue weighted by Gasteiger charge is -2.21. The Kier molecular flexibility index (Phi) is 4.72. The van der Waals surface area contributed by atoms with Crippen LogP contribution in [-0.4, -0.2) is 17.8 Å². The van der Waals surface area contributed by atoms with Gasteiger partial charge in [-0.05, 0) is 31.0 Å². The third kappa shape index (κ3) is 3.29. The summed E-state index contributed by atoms with van der Waals surface area (Å²) in [7, 11) is 0. The molecule has 0 saturated carbocycles. The number of benzene rings is 1. The number of aliphatic hydroxyl groups is 1. The number of rotatable bonds is 5. The molecular weight excluding hydrogens is 195 g/mol. The second-order valence-electron chi connectivity index (χ2n) is 3.40. The smallest absolute Gasteiger partial charge is 0.123 e. The summed E-state index contributed by atoms with van der Waals surface area (Å²) in [4.78, 5) is 0. The average molecular weight is 212 g/mol. The predicted octanol–water partition coefficient (Wildman–Crippen LogP) is 2.67. The number of ether oxygens (including phenoxy) is 1. The fourth-order valence-corrected chi connectivity index (χ4v) is 1.55. The second-order valence-corrected chi connectivity index (χ2v) is 3.40. The highest BCUT2D eigenvalue weighted by atomic mass is 19.1. The molecular formula is C12H17FO2. The van der Waals surface area contributed by atoms with Gasteiger partial charge in [-0.25, -0.2) is 4.39 Å². The van der Waals surface area contributed by atoms with E-state index in [4.69, 9.17) is 4.74 Å². The third-order valence-electron chi connectivity index (χ3n) is 2.33. The number of aliphatic hydroxyl groups excluding tert-OH is 1. The Morgan fingerprint density at radius 2 is 2.13 bits per heavy atom. The molecule has 0 spiro atoms. The van der Waals surface area contributed by atoms with Crippen LogP contribution in [0.1, 0.15) is 31.9 Å². The van der Waals surface area contributed by atoms with Crippen molar-refractivity contribution in [2.45, 2.75) is 32.5 Å². The summed E-state index contributed by atoms with van der Waals surface area (Å²) in [5, 5.41) is 9.94.